The first-order valence-electron chi connectivity index (χ1n) is 3.59. The zero-order chi connectivity index (χ0) is 8.48. The first kappa shape index (κ1) is 9.26. The highest BCUT2D eigenvalue weighted by Crippen LogP contribution is 2.28. The molecule has 0 unspecified atom stereocenters. The Kier molecular flexibility index (Phi) is 2.75. The third-order valence-electron chi connectivity index (χ3n) is 1.98. The Morgan fingerprint density at radius 1 is 1.27 bits per heavy atom. The van der Waals surface area contributed by atoms with Gasteiger partial charge in [-0.05, 0) is 12.8 Å². The summed E-state index contributed by atoms with van der Waals surface area (Å²) in [5, 5.41) is -0.960. The van der Waals surface area contributed by atoms with Crippen LogP contribution in [0.15, 0.2) is 0 Å². The molecule has 1 saturated carbocycles. The van der Waals surface area contributed by atoms with Crippen LogP contribution in [0.1, 0.15) is 25.7 Å². The molecule has 0 bridgehead atoms. The predicted octanol–water partition coefficient (Wildman–Crippen LogP) is 1.84. The van der Waals surface area contributed by atoms with Crippen molar-refractivity contribution < 1.29 is 12.8 Å². The molecular weight excluding hydrogens is 191 g/mol. The molecule has 2 nitrogen and oxygen atoms in total. The van der Waals surface area contributed by atoms with Crippen LogP contribution in [0.5, 0.6) is 0 Å². The van der Waals surface area contributed by atoms with Gasteiger partial charge in [-0.25, -0.2) is 12.8 Å². The Bertz CT molecular complexity index is 227. The summed E-state index contributed by atoms with van der Waals surface area (Å²) in [6, 6.07) is 0. The molecule has 0 N–H and O–H groups in total. The fourth-order valence-corrected chi connectivity index (χ4v) is 2.91. The van der Waals surface area contributed by atoms with E-state index < -0.39 is 20.5 Å². The van der Waals surface area contributed by atoms with Gasteiger partial charge in [0.25, 0.3) is 0 Å². The van der Waals surface area contributed by atoms with Gasteiger partial charge in [-0.2, -0.15) is 0 Å². The van der Waals surface area contributed by atoms with Gasteiger partial charge in [0.2, 0.25) is 9.05 Å². The molecule has 1 fully saturated rings. The van der Waals surface area contributed by atoms with E-state index in [-0.39, 0.29) is 0 Å². The van der Waals surface area contributed by atoms with E-state index in [4.69, 9.17) is 10.7 Å². The van der Waals surface area contributed by atoms with Crippen LogP contribution < -0.4 is 0 Å². The average Bonchev–Trinajstić information content (AvgIpc) is 1.86. The maximum atomic E-state index is 12.9. The lowest BCUT2D eigenvalue weighted by atomic mass is 9.98. The minimum Gasteiger partial charge on any atom is -0.246 e. The molecule has 66 valence electrons. The van der Waals surface area contributed by atoms with Crippen molar-refractivity contribution >= 4 is 19.7 Å². The molecule has 0 spiro atoms. The molecule has 1 aliphatic carbocycles. The average molecular weight is 201 g/mol. The van der Waals surface area contributed by atoms with Gasteiger partial charge in [-0.1, -0.05) is 12.8 Å². The number of hydrogen-bond acceptors (Lipinski definition) is 2. The second-order valence-corrected chi connectivity index (χ2v) is 5.66. The van der Waals surface area contributed by atoms with Gasteiger partial charge in [0, 0.05) is 10.7 Å². The van der Waals surface area contributed by atoms with Crippen molar-refractivity contribution in [1.29, 1.82) is 0 Å². The largest absolute Gasteiger partial charge is 0.246 e. The number of halogens is 2. The molecular formula is C6H10ClFO2S. The van der Waals surface area contributed by atoms with Crippen LogP contribution in [-0.2, 0) is 9.05 Å². The summed E-state index contributed by atoms with van der Waals surface area (Å²) in [4.78, 5) is 0. The monoisotopic (exact) mass is 200 g/mol. The summed E-state index contributed by atoms with van der Waals surface area (Å²) >= 11 is 0. The minimum atomic E-state index is -3.68. The molecule has 0 radical (unpaired) electrons. The van der Waals surface area contributed by atoms with Crippen molar-refractivity contribution in [1.82, 2.24) is 0 Å². The van der Waals surface area contributed by atoms with E-state index in [0.717, 1.165) is 12.8 Å². The van der Waals surface area contributed by atoms with Crippen LogP contribution in [0.2, 0.25) is 0 Å². The maximum absolute atomic E-state index is 12.9. The van der Waals surface area contributed by atoms with Crippen LogP contribution in [0.25, 0.3) is 0 Å². The summed E-state index contributed by atoms with van der Waals surface area (Å²) in [5.41, 5.74) is 0. The van der Waals surface area contributed by atoms with Gasteiger partial charge in [0.05, 0.1) is 0 Å². The maximum Gasteiger partial charge on any atom is 0.238 e. The molecule has 0 aromatic carbocycles. The third-order valence-corrected chi connectivity index (χ3v) is 3.92. The summed E-state index contributed by atoms with van der Waals surface area (Å²) in [6.07, 6.45) is 0.969. The van der Waals surface area contributed by atoms with Crippen LogP contribution in [0, 0.1) is 0 Å². The predicted molar refractivity (Wildman–Crippen MR) is 41.9 cm³/mol. The van der Waals surface area contributed by atoms with E-state index in [2.05, 4.69) is 0 Å². The summed E-state index contributed by atoms with van der Waals surface area (Å²) in [7, 11) is 1.36. The highest BCUT2D eigenvalue weighted by atomic mass is 35.7. The second kappa shape index (κ2) is 3.27. The number of alkyl halides is 1. The smallest absolute Gasteiger partial charge is 0.238 e. The molecule has 0 saturated heterocycles. The number of rotatable bonds is 1. The Morgan fingerprint density at radius 2 is 1.82 bits per heavy atom. The van der Waals surface area contributed by atoms with Crippen LogP contribution >= 0.6 is 10.7 Å². The van der Waals surface area contributed by atoms with E-state index in [1.165, 1.54) is 0 Å². The SMILES string of the molecule is O=S(=O)(Cl)[C@H]1CCCC[C@H]1F. The van der Waals surface area contributed by atoms with Gasteiger partial charge in [0.1, 0.15) is 11.4 Å². The summed E-state index contributed by atoms with van der Waals surface area (Å²) in [5.74, 6) is 0. The van der Waals surface area contributed by atoms with Crippen LogP contribution in [-0.4, -0.2) is 19.8 Å². The topological polar surface area (TPSA) is 34.1 Å². The highest BCUT2D eigenvalue weighted by molar-refractivity contribution is 8.14. The van der Waals surface area contributed by atoms with E-state index in [9.17, 15) is 12.8 Å². The Labute approximate surface area is 70.2 Å². The molecule has 0 aromatic rings. The first-order chi connectivity index (χ1) is 5.02. The van der Waals surface area contributed by atoms with Crippen molar-refractivity contribution in [2.75, 3.05) is 0 Å². The lowest BCUT2D eigenvalue weighted by molar-refractivity contribution is 0.254. The van der Waals surface area contributed by atoms with Crippen molar-refractivity contribution in [3.8, 4) is 0 Å². The molecule has 11 heavy (non-hydrogen) atoms. The standard InChI is InChI=1S/C6H10ClFO2S/c7-11(9,10)6-4-2-1-3-5(6)8/h5-6H,1-4H2/t5-,6+/m1/s1. The molecule has 0 aromatic heterocycles. The zero-order valence-corrected chi connectivity index (χ0v) is 7.54. The quantitative estimate of drug-likeness (QED) is 0.606. The molecule has 1 aliphatic rings. The Hall–Kier alpha value is 0.170. The third kappa shape index (κ3) is 2.30. The molecule has 0 aliphatic heterocycles. The molecule has 2 atom stereocenters. The minimum absolute atomic E-state index is 0.330. The molecule has 1 rings (SSSR count). The van der Waals surface area contributed by atoms with E-state index in [0.29, 0.717) is 12.8 Å². The van der Waals surface area contributed by atoms with E-state index >= 15 is 0 Å². The van der Waals surface area contributed by atoms with Crippen molar-refractivity contribution in [3.05, 3.63) is 0 Å². The fourth-order valence-electron chi connectivity index (χ4n) is 1.37. The fraction of sp³-hybridized carbons (Fsp3) is 1.00. The number of hydrogen-bond donors (Lipinski definition) is 0. The lowest BCUT2D eigenvalue weighted by Crippen LogP contribution is -2.31. The van der Waals surface area contributed by atoms with Crippen molar-refractivity contribution in [3.63, 3.8) is 0 Å². The normalized spacial score (nSPS) is 33.6. The van der Waals surface area contributed by atoms with Gasteiger partial charge >= 0.3 is 0 Å². The van der Waals surface area contributed by atoms with Gasteiger partial charge in [0.15, 0.2) is 0 Å². The van der Waals surface area contributed by atoms with Gasteiger partial charge in [-0.15, -0.1) is 0 Å². The van der Waals surface area contributed by atoms with Gasteiger partial charge < -0.3 is 0 Å². The van der Waals surface area contributed by atoms with Crippen LogP contribution in [0.4, 0.5) is 4.39 Å². The summed E-state index contributed by atoms with van der Waals surface area (Å²) < 4.78 is 34.3. The van der Waals surface area contributed by atoms with Crippen molar-refractivity contribution in [2.45, 2.75) is 37.1 Å². The second-order valence-electron chi connectivity index (χ2n) is 2.81. The lowest BCUT2D eigenvalue weighted by Gasteiger charge is -2.22. The molecule has 0 heterocycles. The van der Waals surface area contributed by atoms with Gasteiger partial charge in [-0.3, -0.25) is 0 Å². The molecule has 0 amide bonds. The van der Waals surface area contributed by atoms with E-state index in [1.54, 1.807) is 0 Å². The van der Waals surface area contributed by atoms with Crippen molar-refractivity contribution in [2.24, 2.45) is 0 Å². The molecule has 5 heteroatoms. The van der Waals surface area contributed by atoms with Crippen LogP contribution in [0.3, 0.4) is 0 Å². The summed E-state index contributed by atoms with van der Waals surface area (Å²) in [6.45, 7) is 0. The van der Waals surface area contributed by atoms with E-state index in [1.807, 2.05) is 0 Å². The highest BCUT2D eigenvalue weighted by Gasteiger charge is 2.34. The Morgan fingerprint density at radius 3 is 2.18 bits per heavy atom. The first-order valence-corrected chi connectivity index (χ1v) is 5.96. The zero-order valence-electron chi connectivity index (χ0n) is 5.96. The Balaban J connectivity index is 2.70.